The summed E-state index contributed by atoms with van der Waals surface area (Å²) in [6.45, 7) is 1.99. The van der Waals surface area contributed by atoms with Crippen molar-refractivity contribution in [3.63, 3.8) is 0 Å². The lowest BCUT2D eigenvalue weighted by Gasteiger charge is -2.09. The number of carbonyl (C=O) groups excluding carboxylic acids is 1. The van der Waals surface area contributed by atoms with Gasteiger partial charge in [0.25, 0.3) is 11.5 Å². The molecule has 0 unspecified atom stereocenters. The number of aromatic nitrogens is 3. The van der Waals surface area contributed by atoms with Gasteiger partial charge in [-0.25, -0.2) is 14.4 Å². The molecule has 0 radical (unpaired) electrons. The van der Waals surface area contributed by atoms with Crippen LogP contribution in [0.25, 0.3) is 26.8 Å². The molecular formula is C27H19N5O2S. The summed E-state index contributed by atoms with van der Waals surface area (Å²) in [6.07, 6.45) is 1.45. The van der Waals surface area contributed by atoms with Crippen LogP contribution < -0.4 is 16.2 Å². The van der Waals surface area contributed by atoms with Crippen LogP contribution in [0.4, 0.5) is 16.4 Å². The quantitative estimate of drug-likeness (QED) is 0.315. The van der Waals surface area contributed by atoms with Crippen molar-refractivity contribution in [2.45, 2.75) is 6.92 Å². The van der Waals surface area contributed by atoms with Crippen molar-refractivity contribution < 1.29 is 4.79 Å². The van der Waals surface area contributed by atoms with Gasteiger partial charge in [0.15, 0.2) is 5.65 Å². The standard InChI is InChI=1S/C27H19N5O2S/c1-16-11-13-18(14-12-16)29-25(33)21-22-23(35-26(21)30-17-7-3-2-4-8-17)24-31-20-10-6-5-9-19(20)27(34)32(24)15-28-22/h2-15,30H,1H3,(H,29,33). The highest BCUT2D eigenvalue weighted by Crippen LogP contribution is 2.38. The Labute approximate surface area is 203 Å². The van der Waals surface area contributed by atoms with Gasteiger partial charge in [-0.3, -0.25) is 9.59 Å². The van der Waals surface area contributed by atoms with Crippen LogP contribution in [0.2, 0.25) is 0 Å². The lowest BCUT2D eigenvalue weighted by atomic mass is 10.2. The van der Waals surface area contributed by atoms with E-state index in [-0.39, 0.29) is 11.5 Å². The summed E-state index contributed by atoms with van der Waals surface area (Å²) in [5.41, 5.74) is 4.38. The first-order chi connectivity index (χ1) is 17.1. The molecule has 6 rings (SSSR count). The number of hydrogen-bond donors (Lipinski definition) is 2. The second-order valence-electron chi connectivity index (χ2n) is 8.17. The van der Waals surface area contributed by atoms with Gasteiger partial charge < -0.3 is 10.6 Å². The first kappa shape index (κ1) is 21.0. The molecule has 7 nitrogen and oxygen atoms in total. The minimum absolute atomic E-state index is 0.198. The highest BCUT2D eigenvalue weighted by atomic mass is 32.1. The molecule has 2 N–H and O–H groups in total. The molecule has 35 heavy (non-hydrogen) atoms. The average Bonchev–Trinajstić information content (AvgIpc) is 3.25. The second kappa shape index (κ2) is 8.34. The molecular weight excluding hydrogens is 458 g/mol. The number of nitrogens with zero attached hydrogens (tertiary/aromatic N) is 3. The zero-order valence-corrected chi connectivity index (χ0v) is 19.5. The van der Waals surface area contributed by atoms with Gasteiger partial charge in [0.05, 0.1) is 15.6 Å². The largest absolute Gasteiger partial charge is 0.346 e. The van der Waals surface area contributed by atoms with Gasteiger partial charge in [-0.1, -0.05) is 48.0 Å². The number of thiophene rings is 1. The molecule has 0 saturated carbocycles. The molecule has 0 saturated heterocycles. The first-order valence-corrected chi connectivity index (χ1v) is 11.8. The number of hydrogen-bond acceptors (Lipinski definition) is 6. The first-order valence-electron chi connectivity index (χ1n) is 11.0. The molecule has 3 heterocycles. The van der Waals surface area contributed by atoms with Gasteiger partial charge in [0, 0.05) is 11.4 Å². The van der Waals surface area contributed by atoms with Crippen LogP contribution in [0.5, 0.6) is 0 Å². The number of nitrogens with one attached hydrogen (secondary N) is 2. The minimum Gasteiger partial charge on any atom is -0.346 e. The Kier molecular flexibility index (Phi) is 5.00. The van der Waals surface area contributed by atoms with E-state index in [1.807, 2.05) is 79.7 Å². The van der Waals surface area contributed by atoms with Crippen molar-refractivity contribution in [1.82, 2.24) is 14.4 Å². The molecule has 1 amide bonds. The summed E-state index contributed by atoms with van der Waals surface area (Å²) < 4.78 is 2.10. The maximum Gasteiger partial charge on any atom is 0.267 e. The van der Waals surface area contributed by atoms with E-state index in [2.05, 4.69) is 15.6 Å². The fourth-order valence-electron chi connectivity index (χ4n) is 4.01. The van der Waals surface area contributed by atoms with Crippen LogP contribution in [0, 0.1) is 6.92 Å². The summed E-state index contributed by atoms with van der Waals surface area (Å²) in [5, 5.41) is 7.47. The van der Waals surface area contributed by atoms with E-state index in [1.165, 1.54) is 22.1 Å². The molecule has 0 atom stereocenters. The number of amides is 1. The van der Waals surface area contributed by atoms with Crippen molar-refractivity contribution in [2.24, 2.45) is 0 Å². The predicted octanol–water partition coefficient (Wildman–Crippen LogP) is 5.76. The number of rotatable bonds is 4. The molecule has 3 aromatic carbocycles. The minimum atomic E-state index is -0.293. The third-order valence-corrected chi connectivity index (χ3v) is 6.85. The Hall–Kier alpha value is -4.56. The highest BCUT2D eigenvalue weighted by molar-refractivity contribution is 7.24. The van der Waals surface area contributed by atoms with E-state index >= 15 is 0 Å². The van der Waals surface area contributed by atoms with E-state index in [4.69, 9.17) is 4.98 Å². The molecule has 0 aliphatic heterocycles. The lowest BCUT2D eigenvalue weighted by Crippen LogP contribution is -2.16. The Morgan fingerprint density at radius 2 is 1.66 bits per heavy atom. The van der Waals surface area contributed by atoms with Crippen molar-refractivity contribution >= 4 is 60.4 Å². The van der Waals surface area contributed by atoms with Gasteiger partial charge in [0.1, 0.15) is 22.4 Å². The third kappa shape index (κ3) is 3.70. The average molecular weight is 478 g/mol. The summed E-state index contributed by atoms with van der Waals surface area (Å²) >= 11 is 1.35. The fourth-order valence-corrected chi connectivity index (χ4v) is 5.16. The van der Waals surface area contributed by atoms with E-state index in [0.717, 1.165) is 11.3 Å². The Morgan fingerprint density at radius 3 is 2.46 bits per heavy atom. The number of carbonyl (C=O) groups is 1. The highest BCUT2D eigenvalue weighted by Gasteiger charge is 2.23. The molecule has 0 spiro atoms. The Morgan fingerprint density at radius 1 is 0.914 bits per heavy atom. The van der Waals surface area contributed by atoms with Crippen LogP contribution in [-0.4, -0.2) is 20.3 Å². The van der Waals surface area contributed by atoms with E-state index in [1.54, 1.807) is 6.07 Å². The van der Waals surface area contributed by atoms with Crippen LogP contribution in [0.3, 0.4) is 0 Å². The number of para-hydroxylation sites is 2. The SMILES string of the molecule is Cc1ccc(NC(=O)c2c(Nc3ccccc3)sc3c2ncn2c(=O)c4ccccc4nc32)cc1. The summed E-state index contributed by atoms with van der Waals surface area (Å²) in [5.74, 6) is -0.293. The molecule has 0 bridgehead atoms. The maximum absolute atomic E-state index is 13.5. The van der Waals surface area contributed by atoms with Crippen molar-refractivity contribution in [2.75, 3.05) is 10.6 Å². The number of fused-ring (bicyclic) bond motifs is 4. The van der Waals surface area contributed by atoms with Crippen molar-refractivity contribution in [1.29, 1.82) is 0 Å². The Balaban J connectivity index is 1.57. The molecule has 0 aliphatic rings. The summed E-state index contributed by atoms with van der Waals surface area (Å²) in [7, 11) is 0. The molecule has 8 heteroatoms. The molecule has 3 aromatic heterocycles. The predicted molar refractivity (Wildman–Crippen MR) is 141 cm³/mol. The number of aryl methyl sites for hydroxylation is 1. The van der Waals surface area contributed by atoms with Crippen LogP contribution in [0.15, 0.2) is 90.0 Å². The van der Waals surface area contributed by atoms with E-state index in [0.29, 0.717) is 43.0 Å². The maximum atomic E-state index is 13.5. The summed E-state index contributed by atoms with van der Waals surface area (Å²) in [4.78, 5) is 35.9. The fraction of sp³-hybridized carbons (Fsp3) is 0.0370. The van der Waals surface area contributed by atoms with Crippen molar-refractivity contribution in [3.05, 3.63) is 107 Å². The van der Waals surface area contributed by atoms with Crippen molar-refractivity contribution in [3.8, 4) is 0 Å². The van der Waals surface area contributed by atoms with Crippen LogP contribution in [0.1, 0.15) is 15.9 Å². The van der Waals surface area contributed by atoms with Crippen LogP contribution >= 0.6 is 11.3 Å². The van der Waals surface area contributed by atoms with Gasteiger partial charge in [-0.2, -0.15) is 0 Å². The zero-order valence-electron chi connectivity index (χ0n) is 18.6. The van der Waals surface area contributed by atoms with E-state index < -0.39 is 0 Å². The molecule has 170 valence electrons. The topological polar surface area (TPSA) is 88.4 Å². The van der Waals surface area contributed by atoms with Gasteiger partial charge in [0.2, 0.25) is 0 Å². The number of benzene rings is 3. The molecule has 0 fully saturated rings. The lowest BCUT2D eigenvalue weighted by molar-refractivity contribution is 0.102. The van der Waals surface area contributed by atoms with Gasteiger partial charge in [-0.15, -0.1) is 11.3 Å². The number of anilines is 3. The smallest absolute Gasteiger partial charge is 0.267 e. The summed E-state index contributed by atoms with van der Waals surface area (Å²) in [6, 6.07) is 24.4. The van der Waals surface area contributed by atoms with Gasteiger partial charge >= 0.3 is 0 Å². The zero-order chi connectivity index (χ0) is 23.9. The monoisotopic (exact) mass is 477 g/mol. The Bertz CT molecular complexity index is 1790. The molecule has 0 aliphatic carbocycles. The third-order valence-electron chi connectivity index (χ3n) is 5.76. The molecule has 6 aromatic rings. The van der Waals surface area contributed by atoms with Crippen LogP contribution in [-0.2, 0) is 0 Å². The normalized spacial score (nSPS) is 11.2. The second-order valence-corrected chi connectivity index (χ2v) is 9.19. The van der Waals surface area contributed by atoms with E-state index in [9.17, 15) is 9.59 Å². The van der Waals surface area contributed by atoms with Gasteiger partial charge in [-0.05, 0) is 43.3 Å².